The van der Waals surface area contributed by atoms with Gasteiger partial charge in [-0.25, -0.2) is 4.39 Å². The molecule has 1 fully saturated rings. The van der Waals surface area contributed by atoms with Gasteiger partial charge in [-0.05, 0) is 64.4 Å². The molecule has 7 heteroatoms. The number of anilines is 1. The van der Waals surface area contributed by atoms with Crippen molar-refractivity contribution in [3.63, 3.8) is 0 Å². The summed E-state index contributed by atoms with van der Waals surface area (Å²) in [5.74, 6) is -0.148. The van der Waals surface area contributed by atoms with Gasteiger partial charge >= 0.3 is 0 Å². The predicted molar refractivity (Wildman–Crippen MR) is 145 cm³/mol. The number of nitrogens with zero attached hydrogens (tertiary/aromatic N) is 3. The Morgan fingerprint density at radius 3 is 1.91 bits per heavy atom. The van der Waals surface area contributed by atoms with E-state index in [2.05, 4.69) is 58.8 Å². The Morgan fingerprint density at radius 2 is 1.54 bits per heavy atom. The zero-order chi connectivity index (χ0) is 27.6. The van der Waals surface area contributed by atoms with Crippen LogP contribution in [0.25, 0.3) is 0 Å². The summed E-state index contributed by atoms with van der Waals surface area (Å²) in [6.07, 6.45) is 6.12. The van der Waals surface area contributed by atoms with E-state index in [0.29, 0.717) is 24.9 Å². The standard InChI is InChI=1S/C15H16FN3O.C6H15N.2C3H8.CH3F/c1-2-20-13-3-10(4-13)9-19-12-5-11(7-17)14(8-18)15(16)6-12;1-4-6-7(3)5-2;2*1-3-2;1-2/h5-6,10,13,19H,2-4,9H2,1H3;4-6H2,1-3H3;2*3H2,1-2H3;1H3. The fourth-order valence-corrected chi connectivity index (χ4v) is 2.93. The number of halogens is 2. The van der Waals surface area contributed by atoms with Crippen molar-refractivity contribution < 1.29 is 13.5 Å². The van der Waals surface area contributed by atoms with E-state index in [0.717, 1.165) is 26.0 Å². The SMILES string of the molecule is CCC.CCC.CCCN(C)CC.CCOC1CC(CNc2cc(F)c(C#N)c(C#N)c2)C1.CF. The van der Waals surface area contributed by atoms with Crippen LogP contribution < -0.4 is 5.32 Å². The van der Waals surface area contributed by atoms with Gasteiger partial charge in [-0.3, -0.25) is 4.39 Å². The first-order chi connectivity index (χ1) is 16.8. The van der Waals surface area contributed by atoms with Crippen molar-refractivity contribution in [3.8, 4) is 12.1 Å². The van der Waals surface area contributed by atoms with Crippen molar-refractivity contribution in [3.05, 3.63) is 29.1 Å². The van der Waals surface area contributed by atoms with Crippen LogP contribution >= 0.6 is 0 Å². The van der Waals surface area contributed by atoms with Crippen LogP contribution in [0.3, 0.4) is 0 Å². The Balaban J connectivity index is -0.000000566. The monoisotopic (exact) mass is 496 g/mol. The molecule has 0 bridgehead atoms. The number of benzene rings is 1. The van der Waals surface area contributed by atoms with Crippen LogP contribution in [0.1, 0.15) is 91.7 Å². The third-order valence-electron chi connectivity index (χ3n) is 4.66. The summed E-state index contributed by atoms with van der Waals surface area (Å²) in [5, 5.41) is 20.8. The quantitative estimate of drug-likeness (QED) is 0.402. The van der Waals surface area contributed by atoms with Gasteiger partial charge in [0.15, 0.2) is 0 Å². The fourth-order valence-electron chi connectivity index (χ4n) is 2.93. The maximum atomic E-state index is 13.6. The largest absolute Gasteiger partial charge is 0.385 e. The van der Waals surface area contributed by atoms with Crippen LogP contribution in [0.2, 0.25) is 0 Å². The highest BCUT2D eigenvalue weighted by Crippen LogP contribution is 2.30. The Hall–Kier alpha value is -2.22. The molecule has 1 saturated carbocycles. The van der Waals surface area contributed by atoms with Gasteiger partial charge in [0.25, 0.3) is 0 Å². The number of alkyl halides is 1. The molecule has 0 atom stereocenters. The Bertz CT molecular complexity index is 693. The maximum absolute atomic E-state index is 13.6. The van der Waals surface area contributed by atoms with E-state index < -0.39 is 5.82 Å². The normalized spacial score (nSPS) is 15.0. The first kappa shape index (κ1) is 37.3. The van der Waals surface area contributed by atoms with Crippen LogP contribution in [-0.4, -0.2) is 51.5 Å². The van der Waals surface area contributed by atoms with Crippen molar-refractivity contribution in [1.82, 2.24) is 4.90 Å². The summed E-state index contributed by atoms with van der Waals surface area (Å²) in [7, 11) is 2.64. The summed E-state index contributed by atoms with van der Waals surface area (Å²) in [6.45, 7) is 18.7. The number of ether oxygens (including phenoxy) is 1. The lowest BCUT2D eigenvalue weighted by Gasteiger charge is -2.35. The molecule has 0 saturated heterocycles. The van der Waals surface area contributed by atoms with Crippen LogP contribution in [0, 0.1) is 34.4 Å². The lowest BCUT2D eigenvalue weighted by Crippen LogP contribution is -2.35. The molecule has 0 amide bonds. The second-order valence-corrected chi connectivity index (χ2v) is 8.21. The second-order valence-electron chi connectivity index (χ2n) is 8.21. The molecular formula is C28H50F2N4O. The van der Waals surface area contributed by atoms with Crippen LogP contribution in [0.4, 0.5) is 14.5 Å². The van der Waals surface area contributed by atoms with Crippen molar-refractivity contribution in [2.75, 3.05) is 45.8 Å². The number of nitrogens with one attached hydrogen (secondary N) is 1. The highest BCUT2D eigenvalue weighted by molar-refractivity contribution is 5.57. The minimum atomic E-state index is -0.658. The molecule has 1 N–H and O–H groups in total. The lowest BCUT2D eigenvalue weighted by atomic mass is 9.82. The minimum absolute atomic E-state index is 0.0656. The molecule has 0 spiro atoms. The van der Waals surface area contributed by atoms with E-state index in [1.165, 1.54) is 44.5 Å². The molecule has 0 aromatic heterocycles. The third kappa shape index (κ3) is 18.7. The maximum Gasteiger partial charge on any atom is 0.144 e. The predicted octanol–water partition coefficient (Wildman–Crippen LogP) is 7.56. The van der Waals surface area contributed by atoms with E-state index in [1.54, 1.807) is 6.07 Å². The first-order valence-electron chi connectivity index (χ1n) is 12.9. The number of nitriles is 2. The average Bonchev–Trinajstić information content (AvgIpc) is 2.82. The van der Waals surface area contributed by atoms with Gasteiger partial charge in [-0.2, -0.15) is 10.5 Å². The zero-order valence-corrected chi connectivity index (χ0v) is 23.7. The van der Waals surface area contributed by atoms with Gasteiger partial charge in [0, 0.05) is 18.8 Å². The molecule has 5 nitrogen and oxygen atoms in total. The Labute approximate surface area is 214 Å². The number of hydrogen-bond donors (Lipinski definition) is 1. The van der Waals surface area contributed by atoms with Gasteiger partial charge in [-0.15, -0.1) is 0 Å². The topological polar surface area (TPSA) is 72.1 Å². The van der Waals surface area contributed by atoms with Crippen LogP contribution in [-0.2, 0) is 4.74 Å². The molecular weight excluding hydrogens is 446 g/mol. The molecule has 0 aliphatic heterocycles. The van der Waals surface area contributed by atoms with E-state index in [4.69, 9.17) is 15.3 Å². The summed E-state index contributed by atoms with van der Waals surface area (Å²) < 4.78 is 28.6. The summed E-state index contributed by atoms with van der Waals surface area (Å²) in [6, 6.07) is 6.33. The molecule has 0 unspecified atom stereocenters. The first-order valence-corrected chi connectivity index (χ1v) is 12.9. The van der Waals surface area contributed by atoms with Crippen molar-refractivity contribution >= 4 is 5.69 Å². The average molecular weight is 497 g/mol. The van der Waals surface area contributed by atoms with E-state index >= 15 is 0 Å². The molecule has 1 aliphatic carbocycles. The summed E-state index contributed by atoms with van der Waals surface area (Å²) in [4.78, 5) is 2.31. The summed E-state index contributed by atoms with van der Waals surface area (Å²) >= 11 is 0. The van der Waals surface area contributed by atoms with Gasteiger partial charge in [0.1, 0.15) is 23.5 Å². The molecule has 0 radical (unpaired) electrons. The highest BCUT2D eigenvalue weighted by atomic mass is 19.1. The van der Waals surface area contributed by atoms with Gasteiger partial charge in [-0.1, -0.05) is 54.4 Å². The smallest absolute Gasteiger partial charge is 0.144 e. The Kier molecular flexibility index (Phi) is 28.1. The molecule has 35 heavy (non-hydrogen) atoms. The summed E-state index contributed by atoms with van der Waals surface area (Å²) in [5.41, 5.74) is 0.409. The number of hydrogen-bond acceptors (Lipinski definition) is 5. The molecule has 1 aliphatic rings. The molecule has 1 aromatic carbocycles. The van der Waals surface area contributed by atoms with E-state index in [-0.39, 0.29) is 11.1 Å². The fraction of sp³-hybridized carbons (Fsp3) is 0.714. The lowest BCUT2D eigenvalue weighted by molar-refractivity contribution is -0.0205. The van der Waals surface area contributed by atoms with Crippen molar-refractivity contribution in [2.45, 2.75) is 86.7 Å². The van der Waals surface area contributed by atoms with Crippen LogP contribution in [0.15, 0.2) is 12.1 Å². The molecule has 2 rings (SSSR count). The van der Waals surface area contributed by atoms with E-state index in [9.17, 15) is 8.78 Å². The minimum Gasteiger partial charge on any atom is -0.385 e. The number of rotatable bonds is 8. The molecule has 202 valence electrons. The van der Waals surface area contributed by atoms with Gasteiger partial charge in [0.2, 0.25) is 0 Å². The second kappa shape index (κ2) is 26.4. The Morgan fingerprint density at radius 1 is 1.00 bits per heavy atom. The van der Waals surface area contributed by atoms with Crippen LogP contribution in [0.5, 0.6) is 0 Å². The van der Waals surface area contributed by atoms with Crippen molar-refractivity contribution in [1.29, 1.82) is 10.5 Å². The third-order valence-corrected chi connectivity index (χ3v) is 4.66. The van der Waals surface area contributed by atoms with Gasteiger partial charge in [0.05, 0.1) is 18.8 Å². The molecule has 1 aromatic rings. The van der Waals surface area contributed by atoms with Crippen molar-refractivity contribution in [2.24, 2.45) is 5.92 Å². The highest BCUT2D eigenvalue weighted by Gasteiger charge is 2.29. The molecule has 0 heterocycles. The van der Waals surface area contributed by atoms with Gasteiger partial charge < -0.3 is 15.0 Å². The zero-order valence-electron chi connectivity index (χ0n) is 23.7. The van der Waals surface area contributed by atoms with E-state index in [1.807, 2.05) is 13.0 Å².